The third kappa shape index (κ3) is 3.70. The Morgan fingerprint density at radius 2 is 2.31 bits per heavy atom. The predicted molar refractivity (Wildman–Crippen MR) is 101 cm³/mol. The van der Waals surface area contributed by atoms with Crippen LogP contribution in [0.2, 0.25) is 0 Å². The monoisotopic (exact) mass is 394 g/mol. The lowest BCUT2D eigenvalue weighted by molar-refractivity contribution is -0.117. The van der Waals surface area contributed by atoms with Crippen LogP contribution >= 0.6 is 11.3 Å². The van der Waals surface area contributed by atoms with Gasteiger partial charge in [0.05, 0.1) is 29.8 Å². The lowest BCUT2D eigenvalue weighted by Gasteiger charge is -2.26. The topological polar surface area (TPSA) is 84.3 Å². The van der Waals surface area contributed by atoms with Crippen molar-refractivity contribution >= 4 is 32.9 Å². The van der Waals surface area contributed by atoms with Crippen LogP contribution in [0.15, 0.2) is 17.5 Å². The van der Waals surface area contributed by atoms with Crippen LogP contribution in [0.3, 0.4) is 0 Å². The number of hydrogen-bond donors (Lipinski definition) is 1. The molecule has 0 saturated carbocycles. The average Bonchev–Trinajstić information content (AvgIpc) is 3.25. The van der Waals surface area contributed by atoms with E-state index in [1.54, 1.807) is 22.1 Å². The summed E-state index contributed by atoms with van der Waals surface area (Å²) in [5, 5.41) is 9.44. The van der Waals surface area contributed by atoms with Crippen molar-refractivity contribution in [3.8, 4) is 0 Å². The molecule has 2 aliphatic rings. The van der Waals surface area contributed by atoms with Crippen molar-refractivity contribution in [3.05, 3.63) is 33.6 Å². The summed E-state index contributed by atoms with van der Waals surface area (Å²) in [6, 6.07) is 3.73. The molecule has 1 atom stereocenters. The average molecular weight is 395 g/mol. The van der Waals surface area contributed by atoms with Crippen LogP contribution in [-0.2, 0) is 27.6 Å². The maximum Gasteiger partial charge on any atom is 0.239 e. The number of nitrogens with one attached hydrogen (secondary N) is 1. The third-order valence-corrected chi connectivity index (χ3v) is 7.71. The van der Waals surface area contributed by atoms with Gasteiger partial charge in [-0.1, -0.05) is 0 Å². The number of fused-ring (bicyclic) bond motifs is 1. The van der Waals surface area contributed by atoms with E-state index >= 15 is 0 Å². The van der Waals surface area contributed by atoms with Gasteiger partial charge in [-0.15, -0.1) is 11.3 Å². The van der Waals surface area contributed by atoms with Crippen molar-refractivity contribution in [1.29, 1.82) is 0 Å². The Labute approximate surface area is 156 Å². The summed E-state index contributed by atoms with van der Waals surface area (Å²) in [5.41, 5.74) is 2.08. The molecule has 9 heteroatoms. The number of aryl methyl sites for hydroxylation is 1. The van der Waals surface area contributed by atoms with Gasteiger partial charge in [0.1, 0.15) is 5.82 Å². The molecule has 0 radical (unpaired) electrons. The highest BCUT2D eigenvalue weighted by molar-refractivity contribution is 7.91. The molecule has 26 heavy (non-hydrogen) atoms. The van der Waals surface area contributed by atoms with Gasteiger partial charge in [0.2, 0.25) is 5.91 Å². The molecule has 2 aliphatic heterocycles. The molecule has 0 spiro atoms. The van der Waals surface area contributed by atoms with Crippen LogP contribution in [0.25, 0.3) is 0 Å². The summed E-state index contributed by atoms with van der Waals surface area (Å²) in [7, 11) is -3.01. The summed E-state index contributed by atoms with van der Waals surface area (Å²) in [6.07, 6.45) is 1.52. The number of carbonyl (C=O) groups excluding carboxylic acids is 1. The Kier molecular flexibility index (Phi) is 4.62. The maximum absolute atomic E-state index is 12.5. The second-order valence-corrected chi connectivity index (χ2v) is 10.3. The molecular formula is C17H22N4O3S2. The molecular weight excluding hydrogens is 372 g/mol. The molecule has 1 unspecified atom stereocenters. The SMILES string of the molecule is Cc1cc(NC(=O)CN2CCc3sccc3C2)n(C2CCS(=O)(=O)C2)n1. The lowest BCUT2D eigenvalue weighted by atomic mass is 10.1. The van der Waals surface area contributed by atoms with Gasteiger partial charge in [-0.2, -0.15) is 5.10 Å². The van der Waals surface area contributed by atoms with Gasteiger partial charge in [-0.25, -0.2) is 13.1 Å². The number of aromatic nitrogens is 2. The molecule has 140 valence electrons. The van der Waals surface area contributed by atoms with Crippen molar-refractivity contribution in [2.24, 2.45) is 0 Å². The molecule has 2 aromatic rings. The van der Waals surface area contributed by atoms with E-state index in [1.807, 2.05) is 6.92 Å². The smallest absolute Gasteiger partial charge is 0.239 e. The first-order valence-corrected chi connectivity index (χ1v) is 11.4. The summed E-state index contributed by atoms with van der Waals surface area (Å²) < 4.78 is 25.2. The van der Waals surface area contributed by atoms with Crippen molar-refractivity contribution < 1.29 is 13.2 Å². The van der Waals surface area contributed by atoms with Gasteiger partial charge in [-0.05, 0) is 36.8 Å². The standard InChI is InChI=1S/C17H22N4O3S2/c1-12-8-16(21(19-12)14-4-7-26(23,24)11-14)18-17(22)10-20-5-2-15-13(9-20)3-6-25-15/h3,6,8,14H,2,4-5,7,9-11H2,1H3,(H,18,22). The molecule has 4 rings (SSSR count). The van der Waals surface area contributed by atoms with Gasteiger partial charge < -0.3 is 5.32 Å². The highest BCUT2D eigenvalue weighted by Crippen LogP contribution is 2.27. The van der Waals surface area contributed by atoms with E-state index in [1.165, 1.54) is 10.4 Å². The number of thiophene rings is 1. The highest BCUT2D eigenvalue weighted by atomic mass is 32.2. The first-order chi connectivity index (χ1) is 12.4. The molecule has 0 bridgehead atoms. The molecule has 1 saturated heterocycles. The molecule has 4 heterocycles. The van der Waals surface area contributed by atoms with Crippen LogP contribution in [0.5, 0.6) is 0 Å². The van der Waals surface area contributed by atoms with Crippen LogP contribution in [0.1, 0.15) is 28.6 Å². The van der Waals surface area contributed by atoms with Gasteiger partial charge in [0.15, 0.2) is 9.84 Å². The van der Waals surface area contributed by atoms with E-state index in [-0.39, 0.29) is 23.5 Å². The first kappa shape index (κ1) is 17.7. The van der Waals surface area contributed by atoms with Gasteiger partial charge in [0, 0.05) is 24.0 Å². The minimum Gasteiger partial charge on any atom is -0.310 e. The highest BCUT2D eigenvalue weighted by Gasteiger charge is 2.31. The van der Waals surface area contributed by atoms with Crippen molar-refractivity contribution in [1.82, 2.24) is 14.7 Å². The maximum atomic E-state index is 12.5. The van der Waals surface area contributed by atoms with Crippen molar-refractivity contribution in [2.75, 3.05) is 29.9 Å². The fourth-order valence-corrected chi connectivity index (χ4v) is 6.27. The van der Waals surface area contributed by atoms with Gasteiger partial charge >= 0.3 is 0 Å². The third-order valence-electron chi connectivity index (χ3n) is 4.93. The minimum absolute atomic E-state index is 0.0873. The number of sulfone groups is 1. The molecule has 0 aromatic carbocycles. The fourth-order valence-electron chi connectivity index (χ4n) is 3.68. The van der Waals surface area contributed by atoms with E-state index in [4.69, 9.17) is 0 Å². The summed E-state index contributed by atoms with van der Waals surface area (Å²) in [4.78, 5) is 16.1. The largest absolute Gasteiger partial charge is 0.310 e. The van der Waals surface area contributed by atoms with Crippen LogP contribution in [0, 0.1) is 6.92 Å². The fraction of sp³-hybridized carbons (Fsp3) is 0.529. The minimum atomic E-state index is -3.01. The first-order valence-electron chi connectivity index (χ1n) is 8.74. The predicted octanol–water partition coefficient (Wildman–Crippen LogP) is 1.61. The quantitative estimate of drug-likeness (QED) is 0.852. The molecule has 7 nitrogen and oxygen atoms in total. The number of rotatable bonds is 4. The zero-order valence-electron chi connectivity index (χ0n) is 14.6. The number of hydrogen-bond acceptors (Lipinski definition) is 6. The molecule has 0 aliphatic carbocycles. The lowest BCUT2D eigenvalue weighted by Crippen LogP contribution is -2.37. The molecule has 1 amide bonds. The Morgan fingerprint density at radius 1 is 1.46 bits per heavy atom. The second-order valence-electron chi connectivity index (χ2n) is 7.05. The van der Waals surface area contributed by atoms with Crippen LogP contribution in [0.4, 0.5) is 5.82 Å². The number of carbonyl (C=O) groups is 1. The Morgan fingerprint density at radius 3 is 3.08 bits per heavy atom. The van der Waals surface area contributed by atoms with E-state index in [0.717, 1.165) is 25.2 Å². The Bertz CT molecular complexity index is 932. The van der Waals surface area contributed by atoms with Crippen molar-refractivity contribution in [3.63, 3.8) is 0 Å². The summed E-state index contributed by atoms with van der Waals surface area (Å²) >= 11 is 1.78. The van der Waals surface area contributed by atoms with E-state index in [9.17, 15) is 13.2 Å². The second kappa shape index (κ2) is 6.79. The van der Waals surface area contributed by atoms with E-state index in [0.29, 0.717) is 18.8 Å². The zero-order chi connectivity index (χ0) is 18.3. The van der Waals surface area contributed by atoms with Crippen LogP contribution < -0.4 is 5.32 Å². The molecule has 2 aromatic heterocycles. The number of nitrogens with zero attached hydrogens (tertiary/aromatic N) is 3. The summed E-state index contributed by atoms with van der Waals surface area (Å²) in [5.74, 6) is 0.763. The Hall–Kier alpha value is -1.71. The molecule has 1 N–H and O–H groups in total. The summed E-state index contributed by atoms with van der Waals surface area (Å²) in [6.45, 7) is 3.84. The van der Waals surface area contributed by atoms with E-state index in [2.05, 4.69) is 26.8 Å². The van der Waals surface area contributed by atoms with Gasteiger partial charge in [0.25, 0.3) is 0 Å². The van der Waals surface area contributed by atoms with Crippen molar-refractivity contribution in [2.45, 2.75) is 32.4 Å². The molecule has 1 fully saturated rings. The van der Waals surface area contributed by atoms with Crippen LogP contribution in [-0.4, -0.2) is 53.6 Å². The Balaban J connectivity index is 1.42. The normalized spacial score (nSPS) is 22.3. The number of amides is 1. The number of anilines is 1. The van der Waals surface area contributed by atoms with E-state index < -0.39 is 9.84 Å². The van der Waals surface area contributed by atoms with Gasteiger partial charge in [-0.3, -0.25) is 9.69 Å². The zero-order valence-corrected chi connectivity index (χ0v) is 16.3.